The standard InChI is InChI=1S/C17H15N3O2S/c1-12-5-4-6-13(9-12)10-22-15-8-3-2-7-14(15)16(21)19-17-20-18-11-23-17/h2-9,11H,10H2,1H3,(H,19,20,21). The lowest BCUT2D eigenvalue weighted by Crippen LogP contribution is -2.13. The number of hydrogen-bond donors (Lipinski definition) is 1. The van der Waals surface area contributed by atoms with Gasteiger partial charge in [-0.15, -0.1) is 10.2 Å². The van der Waals surface area contributed by atoms with Crippen molar-refractivity contribution < 1.29 is 9.53 Å². The monoisotopic (exact) mass is 325 g/mol. The van der Waals surface area contributed by atoms with Crippen molar-refractivity contribution in [1.29, 1.82) is 0 Å². The molecule has 1 heterocycles. The van der Waals surface area contributed by atoms with Crippen LogP contribution in [0.2, 0.25) is 0 Å². The minimum Gasteiger partial charge on any atom is -0.488 e. The predicted molar refractivity (Wildman–Crippen MR) is 89.8 cm³/mol. The number of ether oxygens (including phenoxy) is 1. The largest absolute Gasteiger partial charge is 0.488 e. The summed E-state index contributed by atoms with van der Waals surface area (Å²) in [6.45, 7) is 2.44. The number of nitrogens with zero attached hydrogens (tertiary/aromatic N) is 2. The minimum absolute atomic E-state index is 0.262. The lowest BCUT2D eigenvalue weighted by atomic mass is 10.1. The molecule has 3 rings (SSSR count). The van der Waals surface area contributed by atoms with Gasteiger partial charge in [0.25, 0.3) is 5.91 Å². The second kappa shape index (κ2) is 7.02. The summed E-state index contributed by atoms with van der Waals surface area (Å²) >= 11 is 1.27. The normalized spacial score (nSPS) is 10.3. The first-order valence-electron chi connectivity index (χ1n) is 7.07. The number of aryl methyl sites for hydroxylation is 1. The SMILES string of the molecule is Cc1cccc(COc2ccccc2C(=O)Nc2nncs2)c1. The van der Waals surface area contributed by atoms with Crippen LogP contribution in [0.4, 0.5) is 5.13 Å². The zero-order valence-electron chi connectivity index (χ0n) is 12.5. The van der Waals surface area contributed by atoms with Crippen LogP contribution >= 0.6 is 11.3 Å². The molecule has 0 saturated heterocycles. The number of carbonyl (C=O) groups excluding carboxylic acids is 1. The van der Waals surface area contributed by atoms with E-state index in [1.807, 2.05) is 31.2 Å². The van der Waals surface area contributed by atoms with Gasteiger partial charge in [0.05, 0.1) is 5.56 Å². The smallest absolute Gasteiger partial charge is 0.261 e. The molecule has 0 aliphatic carbocycles. The van der Waals surface area contributed by atoms with Crippen LogP contribution in [0.15, 0.2) is 54.0 Å². The second-order valence-electron chi connectivity index (χ2n) is 4.97. The van der Waals surface area contributed by atoms with Crippen molar-refractivity contribution in [3.8, 4) is 5.75 Å². The van der Waals surface area contributed by atoms with E-state index in [0.717, 1.165) is 5.56 Å². The van der Waals surface area contributed by atoms with Crippen LogP contribution in [-0.2, 0) is 6.61 Å². The number of amides is 1. The lowest BCUT2D eigenvalue weighted by molar-refractivity contribution is 0.102. The second-order valence-corrected chi connectivity index (χ2v) is 5.81. The van der Waals surface area contributed by atoms with E-state index >= 15 is 0 Å². The number of benzene rings is 2. The molecule has 0 spiro atoms. The maximum atomic E-state index is 12.3. The Morgan fingerprint density at radius 2 is 2.09 bits per heavy atom. The van der Waals surface area contributed by atoms with Gasteiger partial charge >= 0.3 is 0 Å². The Labute approximate surface area is 138 Å². The van der Waals surface area contributed by atoms with Gasteiger partial charge in [-0.25, -0.2) is 0 Å². The topological polar surface area (TPSA) is 64.1 Å². The highest BCUT2D eigenvalue weighted by atomic mass is 32.1. The Hall–Kier alpha value is -2.73. The van der Waals surface area contributed by atoms with Crippen molar-refractivity contribution in [3.05, 3.63) is 70.7 Å². The summed E-state index contributed by atoms with van der Waals surface area (Å²) in [5.41, 5.74) is 4.27. The molecule has 0 bridgehead atoms. The van der Waals surface area contributed by atoms with Crippen molar-refractivity contribution in [3.63, 3.8) is 0 Å². The van der Waals surface area contributed by atoms with Crippen molar-refractivity contribution in [2.75, 3.05) is 5.32 Å². The predicted octanol–water partition coefficient (Wildman–Crippen LogP) is 3.68. The number of carbonyl (C=O) groups is 1. The van der Waals surface area contributed by atoms with Crippen molar-refractivity contribution >= 4 is 22.4 Å². The molecule has 0 unspecified atom stereocenters. The number of rotatable bonds is 5. The molecule has 5 nitrogen and oxygen atoms in total. The maximum absolute atomic E-state index is 12.3. The van der Waals surface area contributed by atoms with Gasteiger partial charge in [-0.1, -0.05) is 53.3 Å². The number of aromatic nitrogens is 2. The van der Waals surface area contributed by atoms with Crippen molar-refractivity contribution in [2.24, 2.45) is 0 Å². The minimum atomic E-state index is -0.262. The molecule has 1 aromatic heterocycles. The third-order valence-corrected chi connectivity index (χ3v) is 3.80. The van der Waals surface area contributed by atoms with Gasteiger partial charge in [-0.2, -0.15) is 0 Å². The summed E-state index contributed by atoms with van der Waals surface area (Å²) in [4.78, 5) is 12.3. The first-order chi connectivity index (χ1) is 11.2. The van der Waals surface area contributed by atoms with E-state index in [4.69, 9.17) is 4.74 Å². The molecular formula is C17H15N3O2S. The molecule has 3 aromatic rings. The first-order valence-corrected chi connectivity index (χ1v) is 7.95. The van der Waals surface area contributed by atoms with Crippen LogP contribution in [0.1, 0.15) is 21.5 Å². The van der Waals surface area contributed by atoms with Crippen LogP contribution in [0.5, 0.6) is 5.75 Å². The third kappa shape index (κ3) is 3.92. The van der Waals surface area contributed by atoms with Crippen molar-refractivity contribution in [2.45, 2.75) is 13.5 Å². The summed E-state index contributed by atoms with van der Waals surface area (Å²) in [5, 5.41) is 10.7. The number of para-hydroxylation sites is 1. The zero-order chi connectivity index (χ0) is 16.1. The van der Waals surface area contributed by atoms with Crippen LogP contribution in [0, 0.1) is 6.92 Å². The quantitative estimate of drug-likeness (QED) is 0.777. The van der Waals surface area contributed by atoms with Crippen LogP contribution in [0.3, 0.4) is 0 Å². The zero-order valence-corrected chi connectivity index (χ0v) is 13.3. The molecule has 0 aliphatic heterocycles. The van der Waals surface area contributed by atoms with E-state index in [2.05, 4.69) is 21.6 Å². The molecule has 0 radical (unpaired) electrons. The van der Waals surface area contributed by atoms with Crippen LogP contribution < -0.4 is 10.1 Å². The average Bonchev–Trinajstić information content (AvgIpc) is 3.06. The lowest BCUT2D eigenvalue weighted by Gasteiger charge is -2.11. The Bertz CT molecular complexity index is 803. The van der Waals surface area contributed by atoms with Gasteiger partial charge in [0.15, 0.2) is 0 Å². The van der Waals surface area contributed by atoms with Gasteiger partial charge in [-0.3, -0.25) is 10.1 Å². The summed E-state index contributed by atoms with van der Waals surface area (Å²) < 4.78 is 5.83. The first kappa shape index (κ1) is 15.2. The highest BCUT2D eigenvalue weighted by Gasteiger charge is 2.13. The van der Waals surface area contributed by atoms with Gasteiger partial charge in [0, 0.05) is 0 Å². The van der Waals surface area contributed by atoms with E-state index in [0.29, 0.717) is 23.1 Å². The van der Waals surface area contributed by atoms with Gasteiger partial charge in [-0.05, 0) is 24.6 Å². The summed E-state index contributed by atoms with van der Waals surface area (Å²) in [6, 6.07) is 15.2. The fourth-order valence-corrected chi connectivity index (χ4v) is 2.58. The van der Waals surface area contributed by atoms with Crippen molar-refractivity contribution in [1.82, 2.24) is 10.2 Å². The molecule has 1 N–H and O–H groups in total. The number of nitrogens with one attached hydrogen (secondary N) is 1. The number of anilines is 1. The van der Waals surface area contributed by atoms with E-state index in [1.165, 1.54) is 16.9 Å². The average molecular weight is 325 g/mol. The van der Waals surface area contributed by atoms with E-state index in [9.17, 15) is 4.79 Å². The van der Waals surface area contributed by atoms with E-state index in [-0.39, 0.29) is 5.91 Å². The molecule has 1 amide bonds. The summed E-state index contributed by atoms with van der Waals surface area (Å²) in [5.74, 6) is 0.276. The summed E-state index contributed by atoms with van der Waals surface area (Å²) in [7, 11) is 0. The van der Waals surface area contributed by atoms with Crippen LogP contribution in [0.25, 0.3) is 0 Å². The fourth-order valence-electron chi connectivity index (χ4n) is 2.14. The molecule has 0 aliphatic rings. The van der Waals surface area contributed by atoms with Gasteiger partial charge in [0.2, 0.25) is 5.13 Å². The van der Waals surface area contributed by atoms with Gasteiger partial charge < -0.3 is 4.74 Å². The van der Waals surface area contributed by atoms with E-state index < -0.39 is 0 Å². The molecule has 0 saturated carbocycles. The van der Waals surface area contributed by atoms with Gasteiger partial charge in [0.1, 0.15) is 17.9 Å². The molecule has 23 heavy (non-hydrogen) atoms. The molecule has 0 fully saturated rings. The Morgan fingerprint density at radius 3 is 2.87 bits per heavy atom. The maximum Gasteiger partial charge on any atom is 0.261 e. The fraction of sp³-hybridized carbons (Fsp3) is 0.118. The molecular weight excluding hydrogens is 310 g/mol. The number of hydrogen-bond acceptors (Lipinski definition) is 5. The summed E-state index contributed by atoms with van der Waals surface area (Å²) in [6.07, 6.45) is 0. The highest BCUT2D eigenvalue weighted by molar-refractivity contribution is 7.13. The molecule has 6 heteroatoms. The Balaban J connectivity index is 1.73. The van der Waals surface area contributed by atoms with E-state index in [1.54, 1.807) is 23.7 Å². The Morgan fingerprint density at radius 1 is 1.22 bits per heavy atom. The molecule has 2 aromatic carbocycles. The highest BCUT2D eigenvalue weighted by Crippen LogP contribution is 2.21. The molecule has 0 atom stereocenters. The molecule has 116 valence electrons. The third-order valence-electron chi connectivity index (χ3n) is 3.19. The Kier molecular flexibility index (Phi) is 4.63. The van der Waals surface area contributed by atoms with Crippen LogP contribution in [-0.4, -0.2) is 16.1 Å².